The molecule has 0 aliphatic heterocycles. The number of carbonyl (C=O) groups is 3. The first-order valence-electron chi connectivity index (χ1n) is 7.96. The Labute approximate surface area is 150 Å². The number of nitrogens with one attached hydrogen (secondary N) is 2. The summed E-state index contributed by atoms with van der Waals surface area (Å²) in [4.78, 5) is 34.9. The third kappa shape index (κ3) is 5.97. The number of para-hydroxylation sites is 1. The van der Waals surface area contributed by atoms with Crippen molar-refractivity contribution in [3.05, 3.63) is 54.0 Å². The summed E-state index contributed by atoms with van der Waals surface area (Å²) in [5.74, 6) is -0.607. The molecule has 0 spiro atoms. The largest absolute Gasteiger partial charge is 0.496 e. The van der Waals surface area contributed by atoms with Crippen LogP contribution in [-0.2, 0) is 20.9 Å². The molecule has 1 heterocycles. The Morgan fingerprint density at radius 1 is 1.08 bits per heavy atom. The van der Waals surface area contributed by atoms with Gasteiger partial charge in [0.05, 0.1) is 19.8 Å². The maximum atomic E-state index is 11.7. The lowest BCUT2D eigenvalue weighted by Crippen LogP contribution is -2.30. The van der Waals surface area contributed by atoms with Gasteiger partial charge >= 0.3 is 5.97 Å². The minimum atomic E-state index is -0.586. The number of methoxy groups -OCH3 is 1. The summed E-state index contributed by atoms with van der Waals surface area (Å²) in [6.07, 6.45) is 1.33. The fraction of sp³-hybridized carbons (Fsp3) is 0.278. The number of carbonyl (C=O) groups excluding carboxylic acids is 3. The fourth-order valence-electron chi connectivity index (χ4n) is 2.09. The van der Waals surface area contributed by atoms with E-state index in [1.807, 2.05) is 18.2 Å². The maximum Gasteiger partial charge on any atom is 0.308 e. The first-order valence-corrected chi connectivity index (χ1v) is 7.96. The Hall–Kier alpha value is -3.29. The molecule has 2 rings (SSSR count). The van der Waals surface area contributed by atoms with Gasteiger partial charge in [0.25, 0.3) is 11.8 Å². The van der Waals surface area contributed by atoms with Gasteiger partial charge in [0.1, 0.15) is 5.75 Å². The quantitative estimate of drug-likeness (QED) is 0.652. The molecule has 1 aromatic heterocycles. The molecule has 0 saturated heterocycles. The average Bonchev–Trinajstić information content (AvgIpc) is 3.19. The third-order valence-electron chi connectivity index (χ3n) is 3.39. The minimum absolute atomic E-state index is 0.0494. The Kier molecular flexibility index (Phi) is 7.23. The molecule has 26 heavy (non-hydrogen) atoms. The van der Waals surface area contributed by atoms with Crippen LogP contribution in [0.15, 0.2) is 47.1 Å². The van der Waals surface area contributed by atoms with Crippen LogP contribution in [0, 0.1) is 0 Å². The molecule has 1 aromatic carbocycles. The van der Waals surface area contributed by atoms with Crippen LogP contribution < -0.4 is 15.4 Å². The molecule has 0 saturated carbocycles. The van der Waals surface area contributed by atoms with Crippen LogP contribution >= 0.6 is 0 Å². The summed E-state index contributed by atoms with van der Waals surface area (Å²) in [7, 11) is 1.55. The van der Waals surface area contributed by atoms with Crippen molar-refractivity contribution in [1.29, 1.82) is 0 Å². The van der Waals surface area contributed by atoms with Crippen molar-refractivity contribution in [3.63, 3.8) is 0 Å². The van der Waals surface area contributed by atoms with Gasteiger partial charge in [0.2, 0.25) is 0 Å². The monoisotopic (exact) mass is 360 g/mol. The molecule has 0 aliphatic rings. The zero-order valence-corrected chi connectivity index (χ0v) is 14.3. The van der Waals surface area contributed by atoms with Crippen molar-refractivity contribution in [2.24, 2.45) is 0 Å². The lowest BCUT2D eigenvalue weighted by atomic mass is 10.2. The van der Waals surface area contributed by atoms with Gasteiger partial charge in [-0.25, -0.2) is 0 Å². The SMILES string of the molecule is COc1ccccc1CNC(=O)COC(=O)CCNC(=O)c1ccco1. The zero-order valence-electron chi connectivity index (χ0n) is 14.3. The van der Waals surface area contributed by atoms with E-state index in [2.05, 4.69) is 10.6 Å². The van der Waals surface area contributed by atoms with Gasteiger partial charge in [-0.1, -0.05) is 18.2 Å². The van der Waals surface area contributed by atoms with E-state index in [1.165, 1.54) is 12.3 Å². The number of benzene rings is 1. The highest BCUT2D eigenvalue weighted by Gasteiger charge is 2.11. The average molecular weight is 360 g/mol. The van der Waals surface area contributed by atoms with Crippen molar-refractivity contribution < 1.29 is 28.3 Å². The molecule has 8 heteroatoms. The van der Waals surface area contributed by atoms with E-state index in [0.717, 1.165) is 5.56 Å². The molecule has 0 fully saturated rings. The second-order valence-electron chi connectivity index (χ2n) is 5.23. The highest BCUT2D eigenvalue weighted by atomic mass is 16.5. The van der Waals surface area contributed by atoms with Crippen LogP contribution in [-0.4, -0.2) is 38.0 Å². The maximum absolute atomic E-state index is 11.7. The summed E-state index contributed by atoms with van der Waals surface area (Å²) in [6.45, 7) is -0.0408. The first-order chi connectivity index (χ1) is 12.6. The summed E-state index contributed by atoms with van der Waals surface area (Å²) >= 11 is 0. The van der Waals surface area contributed by atoms with Crippen LogP contribution in [0.25, 0.3) is 0 Å². The van der Waals surface area contributed by atoms with Crippen LogP contribution in [0.4, 0.5) is 0 Å². The highest BCUT2D eigenvalue weighted by Crippen LogP contribution is 2.16. The number of furan rings is 1. The number of esters is 1. The molecule has 0 bridgehead atoms. The number of rotatable bonds is 9. The van der Waals surface area contributed by atoms with E-state index in [0.29, 0.717) is 5.75 Å². The molecule has 2 aromatic rings. The van der Waals surface area contributed by atoms with Gasteiger partial charge in [-0.2, -0.15) is 0 Å². The van der Waals surface area contributed by atoms with Crippen molar-refractivity contribution in [2.45, 2.75) is 13.0 Å². The highest BCUT2D eigenvalue weighted by molar-refractivity contribution is 5.91. The van der Waals surface area contributed by atoms with Gasteiger partial charge in [0, 0.05) is 18.7 Å². The number of hydrogen-bond acceptors (Lipinski definition) is 6. The molecule has 2 amide bonds. The number of hydrogen-bond donors (Lipinski definition) is 2. The molecular formula is C18H20N2O6. The van der Waals surface area contributed by atoms with Crippen LogP contribution in [0.2, 0.25) is 0 Å². The summed E-state index contributed by atoms with van der Waals surface area (Å²) < 4.78 is 15.0. The number of amides is 2. The van der Waals surface area contributed by atoms with Crippen molar-refractivity contribution >= 4 is 17.8 Å². The summed E-state index contributed by atoms with van der Waals surface area (Å²) in [5, 5.41) is 5.16. The molecule has 2 N–H and O–H groups in total. The Morgan fingerprint density at radius 2 is 1.88 bits per heavy atom. The second kappa shape index (κ2) is 9.87. The minimum Gasteiger partial charge on any atom is -0.496 e. The molecule has 0 radical (unpaired) electrons. The predicted molar refractivity (Wildman–Crippen MR) is 91.5 cm³/mol. The molecule has 0 aliphatic carbocycles. The molecule has 0 atom stereocenters. The topological polar surface area (TPSA) is 107 Å². The number of ether oxygens (including phenoxy) is 2. The predicted octanol–water partition coefficient (Wildman–Crippen LogP) is 1.27. The van der Waals surface area contributed by atoms with E-state index in [-0.39, 0.29) is 31.9 Å². The van der Waals surface area contributed by atoms with E-state index in [9.17, 15) is 14.4 Å². The Morgan fingerprint density at radius 3 is 2.62 bits per heavy atom. The van der Waals surface area contributed by atoms with E-state index >= 15 is 0 Å². The van der Waals surface area contributed by atoms with Crippen molar-refractivity contribution in [1.82, 2.24) is 10.6 Å². The third-order valence-corrected chi connectivity index (χ3v) is 3.39. The van der Waals surface area contributed by atoms with Crippen LogP contribution in [0.3, 0.4) is 0 Å². The summed E-state index contributed by atoms with van der Waals surface area (Å²) in [5.41, 5.74) is 0.815. The van der Waals surface area contributed by atoms with Crippen LogP contribution in [0.1, 0.15) is 22.5 Å². The van der Waals surface area contributed by atoms with Gasteiger partial charge in [-0.05, 0) is 18.2 Å². The van der Waals surface area contributed by atoms with E-state index < -0.39 is 17.8 Å². The van der Waals surface area contributed by atoms with Gasteiger partial charge in [-0.15, -0.1) is 0 Å². The molecule has 138 valence electrons. The normalized spacial score (nSPS) is 10.0. The van der Waals surface area contributed by atoms with Crippen LogP contribution in [0.5, 0.6) is 5.75 Å². The first kappa shape index (κ1) is 19.0. The Bertz CT molecular complexity index is 742. The summed E-state index contributed by atoms with van der Waals surface area (Å²) in [6, 6.07) is 10.4. The van der Waals surface area contributed by atoms with E-state index in [4.69, 9.17) is 13.9 Å². The smallest absolute Gasteiger partial charge is 0.308 e. The van der Waals surface area contributed by atoms with Gasteiger partial charge in [-0.3, -0.25) is 14.4 Å². The van der Waals surface area contributed by atoms with Crippen molar-refractivity contribution in [3.8, 4) is 5.75 Å². The zero-order chi connectivity index (χ0) is 18.8. The molecular weight excluding hydrogens is 340 g/mol. The van der Waals surface area contributed by atoms with Crippen molar-refractivity contribution in [2.75, 3.05) is 20.3 Å². The van der Waals surface area contributed by atoms with Gasteiger partial charge < -0.3 is 24.5 Å². The fourth-order valence-corrected chi connectivity index (χ4v) is 2.09. The molecule has 8 nitrogen and oxygen atoms in total. The standard InChI is InChI=1S/C18H20N2O6/c1-24-14-6-3-2-5-13(14)11-20-16(21)12-26-17(22)8-9-19-18(23)15-7-4-10-25-15/h2-7,10H,8-9,11-12H2,1H3,(H,19,23)(H,20,21). The Balaban J connectivity index is 1.62. The molecule has 0 unspecified atom stereocenters. The van der Waals surface area contributed by atoms with Gasteiger partial charge in [0.15, 0.2) is 12.4 Å². The van der Waals surface area contributed by atoms with E-state index in [1.54, 1.807) is 19.2 Å². The lowest BCUT2D eigenvalue weighted by Gasteiger charge is -2.10. The lowest BCUT2D eigenvalue weighted by molar-refractivity contribution is -0.148. The second-order valence-corrected chi connectivity index (χ2v) is 5.23.